The molecule has 0 aromatic heterocycles. The molecule has 1 heterocycles. The smallest absolute Gasteiger partial charge is 0.261 e. The summed E-state index contributed by atoms with van der Waals surface area (Å²) in [7, 11) is -2.52. The molecule has 0 radical (unpaired) electrons. The number of rotatable bonds is 6. The van der Waals surface area contributed by atoms with Gasteiger partial charge in [-0.15, -0.1) is 11.8 Å². The van der Waals surface area contributed by atoms with E-state index in [2.05, 4.69) is 108 Å². The molecule has 1 fully saturated rings. The van der Waals surface area contributed by atoms with Crippen molar-refractivity contribution in [1.29, 1.82) is 0 Å². The first kappa shape index (κ1) is 23.6. The maximum absolute atomic E-state index is 7.16. The monoisotopic (exact) mass is 442 g/mol. The predicted molar refractivity (Wildman–Crippen MR) is 133 cm³/mol. The van der Waals surface area contributed by atoms with Gasteiger partial charge in [-0.25, -0.2) is 0 Å². The lowest BCUT2D eigenvalue weighted by atomic mass is 9.80. The van der Waals surface area contributed by atoms with E-state index in [-0.39, 0.29) is 16.6 Å². The Morgan fingerprint density at radius 2 is 1.33 bits per heavy atom. The molecule has 3 rings (SSSR count). The Bertz CT molecular complexity index is 748. The molecule has 0 N–H and O–H groups in total. The van der Waals surface area contributed by atoms with Crippen LogP contribution in [0.1, 0.15) is 41.5 Å². The topological polar surface area (TPSA) is 18.5 Å². The van der Waals surface area contributed by atoms with Crippen molar-refractivity contribution in [3.05, 3.63) is 60.7 Å². The van der Waals surface area contributed by atoms with Gasteiger partial charge in [-0.3, -0.25) is 0 Å². The van der Waals surface area contributed by atoms with E-state index >= 15 is 0 Å². The van der Waals surface area contributed by atoms with Gasteiger partial charge in [0.05, 0.1) is 12.7 Å². The Balaban J connectivity index is 2.00. The van der Waals surface area contributed by atoms with Crippen molar-refractivity contribution >= 4 is 30.5 Å². The SMILES string of the molecule is CS[C@@H]1OC(CO[Si](c2ccccc2)(c2ccccc2)C(C)(C)C)[C@@H](C)[C@H](C)C1C. The molecule has 2 aromatic rings. The average molecular weight is 443 g/mol. The standard InChI is InChI=1S/C26H38O2SSi/c1-19-20(2)24(28-25(29-7)21(19)3)18-27-30(26(4,5)6,22-14-10-8-11-15-22)23-16-12-9-13-17-23/h8-17,19-21,24-25H,18H2,1-7H3/t19-,20-,21?,24?,25-/m0/s1. The first-order valence-electron chi connectivity index (χ1n) is 11.2. The number of benzene rings is 2. The van der Waals surface area contributed by atoms with Crippen LogP contribution >= 0.6 is 11.8 Å². The van der Waals surface area contributed by atoms with E-state index in [1.807, 2.05) is 11.8 Å². The molecular formula is C26H38O2SSi. The van der Waals surface area contributed by atoms with Gasteiger partial charge in [-0.2, -0.15) is 0 Å². The van der Waals surface area contributed by atoms with Gasteiger partial charge in [0.2, 0.25) is 0 Å². The van der Waals surface area contributed by atoms with Gasteiger partial charge in [0.25, 0.3) is 8.32 Å². The summed E-state index contributed by atoms with van der Waals surface area (Å²) < 4.78 is 13.7. The van der Waals surface area contributed by atoms with E-state index in [1.165, 1.54) is 10.4 Å². The highest BCUT2D eigenvalue weighted by atomic mass is 32.2. The summed E-state index contributed by atoms with van der Waals surface area (Å²) in [6.45, 7) is 14.7. The van der Waals surface area contributed by atoms with Crippen molar-refractivity contribution in [2.75, 3.05) is 12.9 Å². The van der Waals surface area contributed by atoms with E-state index in [1.54, 1.807) is 0 Å². The number of hydrogen-bond acceptors (Lipinski definition) is 3. The van der Waals surface area contributed by atoms with Crippen LogP contribution in [0.15, 0.2) is 60.7 Å². The van der Waals surface area contributed by atoms with E-state index in [9.17, 15) is 0 Å². The Morgan fingerprint density at radius 3 is 1.77 bits per heavy atom. The van der Waals surface area contributed by atoms with Crippen molar-refractivity contribution in [2.45, 2.75) is 58.1 Å². The van der Waals surface area contributed by atoms with Crippen molar-refractivity contribution in [3.63, 3.8) is 0 Å². The Labute approximate surface area is 188 Å². The summed E-state index contributed by atoms with van der Waals surface area (Å²) in [5, 5.41) is 2.65. The highest BCUT2D eigenvalue weighted by Gasteiger charge is 2.51. The molecule has 0 amide bonds. The van der Waals surface area contributed by atoms with Crippen molar-refractivity contribution < 1.29 is 9.16 Å². The van der Waals surface area contributed by atoms with Gasteiger partial charge in [0.15, 0.2) is 0 Å². The van der Waals surface area contributed by atoms with Gasteiger partial charge in [0, 0.05) is 0 Å². The van der Waals surface area contributed by atoms with Gasteiger partial charge in [0.1, 0.15) is 5.44 Å². The zero-order chi connectivity index (χ0) is 21.9. The minimum absolute atomic E-state index is 0.00850. The molecule has 0 bridgehead atoms. The Kier molecular flexibility index (Phi) is 7.55. The quantitative estimate of drug-likeness (QED) is 0.546. The maximum atomic E-state index is 7.16. The lowest BCUT2D eigenvalue weighted by Crippen LogP contribution is -2.67. The minimum atomic E-state index is -2.52. The molecule has 2 unspecified atom stereocenters. The van der Waals surface area contributed by atoms with Crippen molar-refractivity contribution in [2.24, 2.45) is 17.8 Å². The lowest BCUT2D eigenvalue weighted by Gasteiger charge is -2.47. The van der Waals surface area contributed by atoms with Crippen LogP contribution in [-0.4, -0.2) is 32.7 Å². The van der Waals surface area contributed by atoms with Gasteiger partial charge in [-0.1, -0.05) is 102 Å². The highest BCUT2D eigenvalue weighted by Crippen LogP contribution is 2.41. The summed E-state index contributed by atoms with van der Waals surface area (Å²) in [6.07, 6.45) is 2.28. The molecule has 1 aliphatic heterocycles. The van der Waals surface area contributed by atoms with Crippen LogP contribution in [0.3, 0.4) is 0 Å². The largest absolute Gasteiger partial charge is 0.405 e. The van der Waals surface area contributed by atoms with Crippen LogP contribution in [0.4, 0.5) is 0 Å². The normalized spacial score (nSPS) is 27.8. The number of hydrogen-bond donors (Lipinski definition) is 0. The molecule has 2 aromatic carbocycles. The third-order valence-electron chi connectivity index (χ3n) is 7.10. The van der Waals surface area contributed by atoms with Crippen LogP contribution < -0.4 is 10.4 Å². The molecule has 2 nitrogen and oxygen atoms in total. The highest BCUT2D eigenvalue weighted by molar-refractivity contribution is 7.99. The summed E-state index contributed by atoms with van der Waals surface area (Å²) in [5.74, 6) is 1.64. The predicted octanol–water partition coefficient (Wildman–Crippen LogP) is 5.56. The molecule has 5 atom stereocenters. The van der Waals surface area contributed by atoms with Crippen molar-refractivity contribution in [3.8, 4) is 0 Å². The van der Waals surface area contributed by atoms with Crippen molar-refractivity contribution in [1.82, 2.24) is 0 Å². The third-order valence-corrected chi connectivity index (χ3v) is 13.1. The molecule has 0 spiro atoms. The number of thioether (sulfide) groups is 1. The Hall–Kier alpha value is -1.07. The van der Waals surface area contributed by atoms with Crippen LogP contribution in [0.5, 0.6) is 0 Å². The molecule has 164 valence electrons. The third kappa shape index (κ3) is 4.43. The van der Waals surface area contributed by atoms with Crippen LogP contribution in [-0.2, 0) is 9.16 Å². The van der Waals surface area contributed by atoms with E-state index in [0.29, 0.717) is 24.4 Å². The first-order chi connectivity index (χ1) is 14.2. The fourth-order valence-corrected chi connectivity index (χ4v) is 10.4. The number of ether oxygens (including phenoxy) is 1. The fraction of sp³-hybridized carbons (Fsp3) is 0.538. The molecule has 30 heavy (non-hydrogen) atoms. The second-order valence-corrected chi connectivity index (χ2v) is 15.1. The molecule has 1 saturated heterocycles. The molecule has 0 saturated carbocycles. The second kappa shape index (κ2) is 9.60. The maximum Gasteiger partial charge on any atom is 0.261 e. The molecule has 4 heteroatoms. The van der Waals surface area contributed by atoms with E-state index < -0.39 is 8.32 Å². The molecular weight excluding hydrogens is 404 g/mol. The summed E-state index contributed by atoms with van der Waals surface area (Å²) in [5.41, 5.74) is 0.240. The summed E-state index contributed by atoms with van der Waals surface area (Å²) in [4.78, 5) is 0. The minimum Gasteiger partial charge on any atom is -0.405 e. The molecule has 0 aliphatic carbocycles. The summed E-state index contributed by atoms with van der Waals surface area (Å²) in [6, 6.07) is 21.8. The zero-order valence-corrected chi connectivity index (χ0v) is 21.4. The second-order valence-electron chi connectivity index (χ2n) is 9.83. The van der Waals surface area contributed by atoms with E-state index in [0.717, 1.165) is 0 Å². The first-order valence-corrected chi connectivity index (χ1v) is 14.3. The lowest BCUT2D eigenvalue weighted by molar-refractivity contribution is -0.109. The van der Waals surface area contributed by atoms with Gasteiger partial charge in [-0.05, 0) is 39.4 Å². The zero-order valence-electron chi connectivity index (χ0n) is 19.6. The van der Waals surface area contributed by atoms with E-state index in [4.69, 9.17) is 9.16 Å². The average Bonchev–Trinajstić information content (AvgIpc) is 2.74. The van der Waals surface area contributed by atoms with Crippen LogP contribution in [0.2, 0.25) is 5.04 Å². The van der Waals surface area contributed by atoms with Gasteiger partial charge >= 0.3 is 0 Å². The Morgan fingerprint density at radius 1 is 0.833 bits per heavy atom. The summed E-state index contributed by atoms with van der Waals surface area (Å²) >= 11 is 1.83. The van der Waals surface area contributed by atoms with Crippen LogP contribution in [0, 0.1) is 17.8 Å². The fourth-order valence-electron chi connectivity index (χ4n) is 4.92. The molecule has 1 aliphatic rings. The van der Waals surface area contributed by atoms with Gasteiger partial charge < -0.3 is 9.16 Å². The van der Waals surface area contributed by atoms with Crippen LogP contribution in [0.25, 0.3) is 0 Å².